The normalized spacial score (nSPS) is 18.8. The van der Waals surface area contributed by atoms with Crippen LogP contribution < -0.4 is 5.32 Å². The zero-order chi connectivity index (χ0) is 23.5. The van der Waals surface area contributed by atoms with Crippen LogP contribution in [0.4, 0.5) is 4.79 Å². The van der Waals surface area contributed by atoms with Gasteiger partial charge in [-0.3, -0.25) is 9.59 Å². The van der Waals surface area contributed by atoms with Gasteiger partial charge in [0.25, 0.3) is 0 Å². The Balaban J connectivity index is 1.27. The molecule has 2 aliphatic carbocycles. The SMILES string of the molecule is CC(C)N(CCC(=O)O)C(=O)C1CC(NC(=O)OCC2c3ccccc3-c3ccccc32)C1. The van der Waals surface area contributed by atoms with Crippen molar-refractivity contribution in [2.24, 2.45) is 5.92 Å². The molecule has 0 spiro atoms. The molecule has 2 N–H and O–H groups in total. The minimum absolute atomic E-state index is 0.00713. The summed E-state index contributed by atoms with van der Waals surface area (Å²) in [6, 6.07) is 16.2. The van der Waals surface area contributed by atoms with Crippen LogP contribution in [0.25, 0.3) is 11.1 Å². The summed E-state index contributed by atoms with van der Waals surface area (Å²) in [7, 11) is 0. The van der Waals surface area contributed by atoms with Crippen molar-refractivity contribution in [2.45, 2.75) is 51.1 Å². The Kier molecular flexibility index (Phi) is 6.67. The van der Waals surface area contributed by atoms with Gasteiger partial charge in [0.1, 0.15) is 6.61 Å². The molecule has 2 aliphatic rings. The maximum Gasteiger partial charge on any atom is 0.407 e. The van der Waals surface area contributed by atoms with Crippen LogP contribution in [-0.4, -0.2) is 53.2 Å². The molecule has 0 atom stereocenters. The van der Waals surface area contributed by atoms with Gasteiger partial charge in [0, 0.05) is 30.5 Å². The number of carbonyl (C=O) groups is 3. The minimum atomic E-state index is -0.920. The number of carbonyl (C=O) groups excluding carboxylic acids is 2. The van der Waals surface area contributed by atoms with Crippen molar-refractivity contribution in [3.63, 3.8) is 0 Å². The van der Waals surface area contributed by atoms with E-state index in [2.05, 4.69) is 29.6 Å². The van der Waals surface area contributed by atoms with E-state index in [1.807, 2.05) is 38.1 Å². The van der Waals surface area contributed by atoms with Crippen LogP contribution in [-0.2, 0) is 14.3 Å². The van der Waals surface area contributed by atoms with E-state index in [0.717, 1.165) is 11.1 Å². The first kappa shape index (κ1) is 22.8. The Morgan fingerprint density at radius 1 is 1.03 bits per heavy atom. The molecule has 1 saturated carbocycles. The first-order chi connectivity index (χ1) is 15.8. The van der Waals surface area contributed by atoms with Gasteiger partial charge in [0.15, 0.2) is 0 Å². The number of aliphatic carboxylic acids is 1. The van der Waals surface area contributed by atoms with Crippen LogP contribution in [0.2, 0.25) is 0 Å². The van der Waals surface area contributed by atoms with Crippen molar-refractivity contribution in [1.82, 2.24) is 10.2 Å². The number of benzene rings is 2. The lowest BCUT2D eigenvalue weighted by molar-refractivity contribution is -0.143. The van der Waals surface area contributed by atoms with Crippen LogP contribution in [0.15, 0.2) is 48.5 Å². The molecule has 0 aliphatic heterocycles. The molecule has 2 aromatic rings. The third kappa shape index (κ3) is 4.87. The third-order valence-corrected chi connectivity index (χ3v) is 6.63. The van der Waals surface area contributed by atoms with Gasteiger partial charge in [-0.15, -0.1) is 0 Å². The van der Waals surface area contributed by atoms with E-state index < -0.39 is 12.1 Å². The third-order valence-electron chi connectivity index (χ3n) is 6.63. The van der Waals surface area contributed by atoms with E-state index in [4.69, 9.17) is 9.84 Å². The van der Waals surface area contributed by atoms with Gasteiger partial charge in [-0.05, 0) is 48.9 Å². The van der Waals surface area contributed by atoms with Crippen LogP contribution in [0.1, 0.15) is 50.2 Å². The van der Waals surface area contributed by atoms with Crippen LogP contribution >= 0.6 is 0 Å². The first-order valence-corrected chi connectivity index (χ1v) is 11.5. The molecule has 0 bridgehead atoms. The molecule has 4 rings (SSSR count). The Bertz CT molecular complexity index is 999. The molecule has 2 aromatic carbocycles. The van der Waals surface area contributed by atoms with Crippen molar-refractivity contribution in [1.29, 1.82) is 0 Å². The van der Waals surface area contributed by atoms with Crippen LogP contribution in [0.5, 0.6) is 0 Å². The number of carboxylic acids is 1. The second kappa shape index (κ2) is 9.65. The molecule has 0 radical (unpaired) electrons. The average molecular weight is 451 g/mol. The van der Waals surface area contributed by atoms with Gasteiger partial charge in [-0.25, -0.2) is 4.79 Å². The van der Waals surface area contributed by atoms with Crippen molar-refractivity contribution in [3.05, 3.63) is 59.7 Å². The summed E-state index contributed by atoms with van der Waals surface area (Å²) in [4.78, 5) is 37.6. The smallest absolute Gasteiger partial charge is 0.407 e. The molecule has 0 aromatic heterocycles. The number of nitrogens with zero attached hydrogens (tertiary/aromatic N) is 1. The molecule has 2 amide bonds. The topological polar surface area (TPSA) is 95.9 Å². The highest BCUT2D eigenvalue weighted by Crippen LogP contribution is 2.44. The molecule has 33 heavy (non-hydrogen) atoms. The van der Waals surface area contributed by atoms with Crippen molar-refractivity contribution < 1.29 is 24.2 Å². The Labute approximate surface area is 193 Å². The number of ether oxygens (including phenoxy) is 1. The fourth-order valence-electron chi connectivity index (χ4n) is 4.82. The molecule has 7 heteroatoms. The zero-order valence-corrected chi connectivity index (χ0v) is 19.0. The highest BCUT2D eigenvalue weighted by atomic mass is 16.5. The molecular formula is C26H30N2O5. The molecule has 0 saturated heterocycles. The summed E-state index contributed by atoms with van der Waals surface area (Å²) >= 11 is 0. The number of nitrogens with one attached hydrogen (secondary N) is 1. The maximum absolute atomic E-state index is 12.7. The lowest BCUT2D eigenvalue weighted by atomic mass is 9.79. The standard InChI is InChI=1S/C26H30N2O5/c1-16(2)28(12-11-24(29)30)25(31)17-13-18(14-17)27-26(32)33-15-23-21-9-5-3-7-19(21)20-8-4-6-10-22(20)23/h3-10,16-18,23H,11-15H2,1-2H3,(H,27,32)(H,29,30). The molecule has 1 fully saturated rings. The summed E-state index contributed by atoms with van der Waals surface area (Å²) in [6.45, 7) is 4.22. The van der Waals surface area contributed by atoms with E-state index in [9.17, 15) is 14.4 Å². The molecule has 7 nitrogen and oxygen atoms in total. The van der Waals surface area contributed by atoms with Gasteiger partial charge in [0.2, 0.25) is 5.91 Å². The minimum Gasteiger partial charge on any atom is -0.481 e. The maximum atomic E-state index is 12.7. The Morgan fingerprint density at radius 3 is 2.15 bits per heavy atom. The molecule has 0 unspecified atom stereocenters. The summed E-state index contributed by atoms with van der Waals surface area (Å²) in [6.07, 6.45) is 0.538. The van der Waals surface area contributed by atoms with Gasteiger partial charge in [0.05, 0.1) is 6.42 Å². The lowest BCUT2D eigenvalue weighted by Gasteiger charge is -2.39. The van der Waals surface area contributed by atoms with E-state index >= 15 is 0 Å². The van der Waals surface area contributed by atoms with E-state index in [1.165, 1.54) is 11.1 Å². The van der Waals surface area contributed by atoms with Crippen molar-refractivity contribution in [2.75, 3.05) is 13.2 Å². The Morgan fingerprint density at radius 2 is 1.61 bits per heavy atom. The fourth-order valence-corrected chi connectivity index (χ4v) is 4.82. The largest absolute Gasteiger partial charge is 0.481 e. The molecule has 0 heterocycles. The summed E-state index contributed by atoms with van der Waals surface area (Å²) in [5, 5.41) is 11.8. The fraction of sp³-hybridized carbons (Fsp3) is 0.423. The van der Waals surface area contributed by atoms with Crippen molar-refractivity contribution >= 4 is 18.0 Å². The van der Waals surface area contributed by atoms with Gasteiger partial charge >= 0.3 is 12.1 Å². The number of fused-ring (bicyclic) bond motifs is 3. The highest BCUT2D eigenvalue weighted by molar-refractivity contribution is 5.81. The summed E-state index contributed by atoms with van der Waals surface area (Å²) in [5.74, 6) is -1.15. The number of amides is 2. The number of alkyl carbamates (subject to hydrolysis) is 1. The number of hydrogen-bond donors (Lipinski definition) is 2. The summed E-state index contributed by atoms with van der Waals surface area (Å²) < 4.78 is 5.58. The van der Waals surface area contributed by atoms with Crippen LogP contribution in [0, 0.1) is 5.92 Å². The zero-order valence-electron chi connectivity index (χ0n) is 19.0. The summed E-state index contributed by atoms with van der Waals surface area (Å²) in [5.41, 5.74) is 4.69. The van der Waals surface area contributed by atoms with E-state index in [-0.39, 0.29) is 49.4 Å². The monoisotopic (exact) mass is 450 g/mol. The van der Waals surface area contributed by atoms with E-state index in [0.29, 0.717) is 12.8 Å². The number of hydrogen-bond acceptors (Lipinski definition) is 4. The van der Waals surface area contributed by atoms with Gasteiger partial charge < -0.3 is 20.1 Å². The second-order valence-corrected chi connectivity index (χ2v) is 9.10. The molecule has 174 valence electrons. The first-order valence-electron chi connectivity index (χ1n) is 11.5. The van der Waals surface area contributed by atoms with Gasteiger partial charge in [-0.1, -0.05) is 48.5 Å². The predicted molar refractivity (Wildman–Crippen MR) is 124 cm³/mol. The van der Waals surface area contributed by atoms with Crippen LogP contribution in [0.3, 0.4) is 0 Å². The van der Waals surface area contributed by atoms with Crippen molar-refractivity contribution in [3.8, 4) is 11.1 Å². The second-order valence-electron chi connectivity index (χ2n) is 9.10. The Hall–Kier alpha value is -3.35. The molecular weight excluding hydrogens is 420 g/mol. The van der Waals surface area contributed by atoms with E-state index in [1.54, 1.807) is 4.90 Å². The average Bonchev–Trinajstić information content (AvgIpc) is 3.08. The number of carboxylic acid groups (broad SMARTS) is 1. The lowest BCUT2D eigenvalue weighted by Crippen LogP contribution is -2.52. The highest BCUT2D eigenvalue weighted by Gasteiger charge is 2.38. The quantitative estimate of drug-likeness (QED) is 0.633. The van der Waals surface area contributed by atoms with Gasteiger partial charge in [-0.2, -0.15) is 0 Å². The number of rotatable bonds is 8. The predicted octanol–water partition coefficient (Wildman–Crippen LogP) is 4.02.